The molecule has 1 amide bonds. The lowest BCUT2D eigenvalue weighted by Crippen LogP contribution is -2.20. The van der Waals surface area contributed by atoms with E-state index in [1.807, 2.05) is 42.5 Å². The third-order valence-electron chi connectivity index (χ3n) is 4.68. The number of carbonyl (C=O) groups is 1. The second-order valence-electron chi connectivity index (χ2n) is 6.89. The summed E-state index contributed by atoms with van der Waals surface area (Å²) in [5.74, 6) is 1.09. The molecule has 0 radical (unpaired) electrons. The van der Waals surface area contributed by atoms with Gasteiger partial charge >= 0.3 is 0 Å². The van der Waals surface area contributed by atoms with E-state index >= 15 is 0 Å². The number of rotatable bonds is 7. The molecule has 4 rings (SSSR count). The van der Waals surface area contributed by atoms with Crippen molar-refractivity contribution >= 4 is 34.3 Å². The number of ether oxygens (including phenoxy) is 2. The summed E-state index contributed by atoms with van der Waals surface area (Å²) in [5, 5.41) is 12.4. The van der Waals surface area contributed by atoms with Crippen LogP contribution in [0.5, 0.6) is 11.5 Å². The van der Waals surface area contributed by atoms with Gasteiger partial charge in [0.25, 0.3) is 5.91 Å². The smallest absolute Gasteiger partial charge is 0.262 e. The molecule has 0 aliphatic heterocycles. The fraction of sp³-hybridized carbons (Fsp3) is 0.0800. The highest BCUT2D eigenvalue weighted by molar-refractivity contribution is 5.92. The number of anilines is 1. The zero-order chi connectivity index (χ0) is 22.3. The van der Waals surface area contributed by atoms with Crippen LogP contribution in [0, 0.1) is 11.3 Å². The number of aromatic nitrogens is 2. The van der Waals surface area contributed by atoms with Crippen LogP contribution >= 0.6 is 0 Å². The minimum Gasteiger partial charge on any atom is -0.493 e. The van der Waals surface area contributed by atoms with Gasteiger partial charge in [0.05, 0.1) is 23.7 Å². The molecule has 158 valence electrons. The van der Waals surface area contributed by atoms with Crippen molar-refractivity contribution in [3.63, 3.8) is 0 Å². The molecule has 0 aliphatic carbocycles. The molecule has 7 heteroatoms. The average Bonchev–Trinajstić information content (AvgIpc) is 3.26. The van der Waals surface area contributed by atoms with Gasteiger partial charge < -0.3 is 19.8 Å². The SMILES string of the molecule is COc1cc(/C=C(\C#N)c2nc3ccccc3[nH]2)ccc1OCC(=O)Nc1ccccc1. The Morgan fingerprint density at radius 3 is 2.62 bits per heavy atom. The maximum atomic E-state index is 12.1. The van der Waals surface area contributed by atoms with Gasteiger partial charge in [-0.3, -0.25) is 4.79 Å². The van der Waals surface area contributed by atoms with Gasteiger partial charge in [-0.2, -0.15) is 5.26 Å². The number of imidazole rings is 1. The molecule has 0 bridgehead atoms. The normalized spacial score (nSPS) is 11.1. The summed E-state index contributed by atoms with van der Waals surface area (Å²) in [6.45, 7) is -0.164. The first-order chi connectivity index (χ1) is 15.7. The summed E-state index contributed by atoms with van der Waals surface area (Å²) in [7, 11) is 1.52. The summed E-state index contributed by atoms with van der Waals surface area (Å²) in [5.41, 5.74) is 3.47. The number of amides is 1. The summed E-state index contributed by atoms with van der Waals surface area (Å²) < 4.78 is 11.0. The molecular formula is C25H20N4O3. The molecule has 3 aromatic carbocycles. The van der Waals surface area contributed by atoms with Crippen LogP contribution < -0.4 is 14.8 Å². The fourth-order valence-electron chi connectivity index (χ4n) is 3.16. The van der Waals surface area contributed by atoms with Gasteiger partial charge in [0.15, 0.2) is 18.1 Å². The van der Waals surface area contributed by atoms with Gasteiger partial charge in [-0.1, -0.05) is 36.4 Å². The monoisotopic (exact) mass is 424 g/mol. The van der Waals surface area contributed by atoms with Crippen molar-refractivity contribution in [2.75, 3.05) is 19.0 Å². The number of allylic oxidation sites excluding steroid dienone is 1. The number of carbonyl (C=O) groups excluding carboxylic acids is 1. The number of benzene rings is 3. The first-order valence-electron chi connectivity index (χ1n) is 9.89. The first-order valence-corrected chi connectivity index (χ1v) is 9.89. The van der Waals surface area contributed by atoms with Crippen molar-refractivity contribution in [1.29, 1.82) is 5.26 Å². The zero-order valence-corrected chi connectivity index (χ0v) is 17.3. The number of H-pyrrole nitrogens is 1. The van der Waals surface area contributed by atoms with E-state index in [0.717, 1.165) is 16.6 Å². The number of para-hydroxylation sites is 3. The van der Waals surface area contributed by atoms with E-state index in [-0.39, 0.29) is 12.5 Å². The second-order valence-corrected chi connectivity index (χ2v) is 6.89. The highest BCUT2D eigenvalue weighted by Crippen LogP contribution is 2.30. The van der Waals surface area contributed by atoms with Crippen molar-refractivity contribution in [2.24, 2.45) is 0 Å². The van der Waals surface area contributed by atoms with Crippen molar-refractivity contribution in [3.05, 3.63) is 84.2 Å². The number of methoxy groups -OCH3 is 1. The lowest BCUT2D eigenvalue weighted by molar-refractivity contribution is -0.118. The average molecular weight is 424 g/mol. The van der Waals surface area contributed by atoms with E-state index in [4.69, 9.17) is 9.47 Å². The van der Waals surface area contributed by atoms with Gasteiger partial charge in [0.1, 0.15) is 11.9 Å². The third-order valence-corrected chi connectivity index (χ3v) is 4.68. The van der Waals surface area contributed by atoms with Crippen molar-refractivity contribution < 1.29 is 14.3 Å². The van der Waals surface area contributed by atoms with Gasteiger partial charge in [-0.05, 0) is 48.0 Å². The van der Waals surface area contributed by atoms with Crippen LogP contribution in [0.25, 0.3) is 22.7 Å². The number of nitrogens with zero attached hydrogens (tertiary/aromatic N) is 2. The Labute approximate surface area is 184 Å². The third kappa shape index (κ3) is 4.77. The molecule has 1 heterocycles. The van der Waals surface area contributed by atoms with E-state index in [1.54, 1.807) is 36.4 Å². The van der Waals surface area contributed by atoms with Crippen molar-refractivity contribution in [3.8, 4) is 17.6 Å². The molecule has 0 saturated heterocycles. The van der Waals surface area contributed by atoms with Gasteiger partial charge in [0.2, 0.25) is 0 Å². The van der Waals surface area contributed by atoms with Crippen LogP contribution in [0.15, 0.2) is 72.8 Å². The van der Waals surface area contributed by atoms with E-state index in [9.17, 15) is 10.1 Å². The van der Waals surface area contributed by atoms with Crippen LogP contribution in [0.1, 0.15) is 11.4 Å². The quantitative estimate of drug-likeness (QED) is 0.421. The van der Waals surface area contributed by atoms with Crippen LogP contribution in [0.4, 0.5) is 5.69 Å². The molecule has 7 nitrogen and oxygen atoms in total. The van der Waals surface area contributed by atoms with Crippen molar-refractivity contribution in [1.82, 2.24) is 9.97 Å². The Kier molecular flexibility index (Phi) is 6.14. The maximum Gasteiger partial charge on any atom is 0.262 e. The summed E-state index contributed by atoms with van der Waals surface area (Å²) in [6.07, 6.45) is 1.71. The van der Waals surface area contributed by atoms with E-state index in [2.05, 4.69) is 21.4 Å². The number of hydrogen-bond donors (Lipinski definition) is 2. The number of hydrogen-bond acceptors (Lipinski definition) is 5. The number of fused-ring (bicyclic) bond motifs is 1. The molecule has 4 aromatic rings. The Morgan fingerprint density at radius 1 is 1.09 bits per heavy atom. The lowest BCUT2D eigenvalue weighted by atomic mass is 10.1. The maximum absolute atomic E-state index is 12.1. The predicted octanol–water partition coefficient (Wildman–Crippen LogP) is 4.65. The number of nitrogens with one attached hydrogen (secondary N) is 2. The second kappa shape index (κ2) is 9.49. The van der Waals surface area contributed by atoms with E-state index in [0.29, 0.717) is 28.6 Å². The summed E-state index contributed by atoms with van der Waals surface area (Å²) in [4.78, 5) is 19.8. The molecule has 2 N–H and O–H groups in total. The van der Waals surface area contributed by atoms with E-state index < -0.39 is 0 Å². The Morgan fingerprint density at radius 2 is 1.88 bits per heavy atom. The highest BCUT2D eigenvalue weighted by atomic mass is 16.5. The lowest BCUT2D eigenvalue weighted by Gasteiger charge is -2.11. The van der Waals surface area contributed by atoms with Crippen LogP contribution in [0.3, 0.4) is 0 Å². The molecule has 0 fully saturated rings. The Hall–Kier alpha value is -4.57. The Balaban J connectivity index is 1.49. The first kappa shape index (κ1) is 20.7. The Bertz CT molecular complexity index is 1290. The molecular weight excluding hydrogens is 404 g/mol. The van der Waals surface area contributed by atoms with Crippen LogP contribution in [-0.4, -0.2) is 29.6 Å². The largest absolute Gasteiger partial charge is 0.493 e. The standard InChI is InChI=1S/C25H20N4O3/c1-31-23-14-17(13-18(15-26)25-28-20-9-5-6-10-21(20)29-25)11-12-22(23)32-16-24(30)27-19-7-3-2-4-8-19/h2-14H,16H2,1H3,(H,27,30)(H,28,29)/b18-13+. The molecule has 32 heavy (non-hydrogen) atoms. The predicted molar refractivity (Wildman–Crippen MR) is 123 cm³/mol. The van der Waals surface area contributed by atoms with Crippen LogP contribution in [-0.2, 0) is 4.79 Å². The molecule has 0 spiro atoms. The van der Waals surface area contributed by atoms with Gasteiger partial charge in [-0.25, -0.2) is 4.98 Å². The zero-order valence-electron chi connectivity index (χ0n) is 17.3. The minimum absolute atomic E-state index is 0.164. The molecule has 0 saturated carbocycles. The molecule has 0 atom stereocenters. The topological polar surface area (TPSA) is 100 Å². The van der Waals surface area contributed by atoms with Crippen molar-refractivity contribution in [2.45, 2.75) is 0 Å². The number of aromatic amines is 1. The summed E-state index contributed by atoms with van der Waals surface area (Å²) in [6, 6.07) is 24.2. The van der Waals surface area contributed by atoms with Crippen LogP contribution in [0.2, 0.25) is 0 Å². The summed E-state index contributed by atoms with van der Waals surface area (Å²) >= 11 is 0. The van der Waals surface area contributed by atoms with Gasteiger partial charge in [0, 0.05) is 5.69 Å². The minimum atomic E-state index is -0.279. The van der Waals surface area contributed by atoms with E-state index in [1.165, 1.54) is 7.11 Å². The fourth-order valence-corrected chi connectivity index (χ4v) is 3.16. The number of nitriles is 1. The highest BCUT2D eigenvalue weighted by Gasteiger charge is 2.11. The molecule has 1 aromatic heterocycles. The molecule has 0 aliphatic rings. The molecule has 0 unspecified atom stereocenters. The van der Waals surface area contributed by atoms with Gasteiger partial charge in [-0.15, -0.1) is 0 Å².